The zero-order valence-electron chi connectivity index (χ0n) is 6.20. The molecule has 0 spiro atoms. The first kappa shape index (κ1) is 10.7. The van der Waals surface area contributed by atoms with Crippen LogP contribution in [-0.2, 0) is 0 Å². The second-order valence-electron chi connectivity index (χ2n) is 2.34. The summed E-state index contributed by atoms with van der Waals surface area (Å²) in [5, 5.41) is -0.397. The Morgan fingerprint density at radius 3 is 2.08 bits per heavy atom. The quantitative estimate of drug-likeness (QED) is 0.515. The molecule has 1 aromatic rings. The van der Waals surface area contributed by atoms with Crippen molar-refractivity contribution in [3.63, 3.8) is 0 Å². The zero-order chi connectivity index (χ0) is 9.30. The van der Waals surface area contributed by atoms with E-state index in [-0.39, 0.29) is 0 Å². The van der Waals surface area contributed by atoms with Gasteiger partial charge in [0.2, 0.25) is 0 Å². The van der Waals surface area contributed by atoms with Crippen LogP contribution in [0.2, 0.25) is 0 Å². The molecular formula is C8H5ClI2O. The van der Waals surface area contributed by atoms with Crippen LogP contribution >= 0.6 is 56.8 Å². The van der Waals surface area contributed by atoms with E-state index in [0.29, 0.717) is 5.56 Å². The number of hydrogen-bond acceptors (Lipinski definition) is 1. The van der Waals surface area contributed by atoms with E-state index in [4.69, 9.17) is 11.6 Å². The Morgan fingerprint density at radius 1 is 1.33 bits per heavy atom. The van der Waals surface area contributed by atoms with Crippen molar-refractivity contribution in [1.29, 1.82) is 0 Å². The molecule has 0 aliphatic heterocycles. The molecule has 0 radical (unpaired) electrons. The lowest BCUT2D eigenvalue weighted by Gasteiger charge is -2.02. The van der Waals surface area contributed by atoms with Gasteiger partial charge in [-0.2, -0.15) is 0 Å². The molecule has 0 aromatic heterocycles. The Bertz CT molecular complexity index is 313. The van der Waals surface area contributed by atoms with E-state index in [2.05, 4.69) is 45.2 Å². The number of carbonyl (C=O) groups excluding carboxylic acids is 1. The Labute approximate surface area is 103 Å². The first-order chi connectivity index (χ1) is 5.52. The average molecular weight is 406 g/mol. The van der Waals surface area contributed by atoms with Gasteiger partial charge in [0.15, 0.2) is 0 Å². The average Bonchev–Trinajstić information content (AvgIpc) is 1.99. The van der Waals surface area contributed by atoms with E-state index in [1.165, 1.54) is 5.56 Å². The highest BCUT2D eigenvalue weighted by Gasteiger charge is 2.07. The van der Waals surface area contributed by atoms with Gasteiger partial charge in [0.1, 0.15) is 0 Å². The van der Waals surface area contributed by atoms with E-state index < -0.39 is 5.24 Å². The lowest BCUT2D eigenvalue weighted by molar-refractivity contribution is 0.108. The third kappa shape index (κ3) is 2.32. The van der Waals surface area contributed by atoms with Crippen molar-refractivity contribution in [2.24, 2.45) is 0 Å². The molecular weight excluding hydrogens is 401 g/mol. The summed E-state index contributed by atoms with van der Waals surface area (Å²) in [6.07, 6.45) is 0. The van der Waals surface area contributed by atoms with Gasteiger partial charge in [0, 0.05) is 12.7 Å². The summed E-state index contributed by atoms with van der Waals surface area (Å²) in [5.41, 5.74) is 1.76. The first-order valence-corrected chi connectivity index (χ1v) is 5.71. The van der Waals surface area contributed by atoms with Gasteiger partial charge in [-0.25, -0.2) is 0 Å². The molecule has 0 aliphatic carbocycles. The zero-order valence-corrected chi connectivity index (χ0v) is 11.3. The molecule has 64 valence electrons. The van der Waals surface area contributed by atoms with Gasteiger partial charge < -0.3 is 0 Å². The minimum atomic E-state index is -0.397. The van der Waals surface area contributed by atoms with Crippen LogP contribution in [0.25, 0.3) is 0 Å². The second-order valence-corrected chi connectivity index (χ2v) is 5.01. The van der Waals surface area contributed by atoms with Gasteiger partial charge in [-0.1, -0.05) is 0 Å². The van der Waals surface area contributed by atoms with Gasteiger partial charge >= 0.3 is 0 Å². The van der Waals surface area contributed by atoms with E-state index in [9.17, 15) is 4.79 Å². The van der Waals surface area contributed by atoms with Crippen LogP contribution in [0.4, 0.5) is 0 Å². The molecule has 0 aliphatic rings. The number of rotatable bonds is 1. The van der Waals surface area contributed by atoms with Crippen molar-refractivity contribution in [3.05, 3.63) is 30.4 Å². The summed E-state index contributed by atoms with van der Waals surface area (Å²) in [7, 11) is 0. The summed E-state index contributed by atoms with van der Waals surface area (Å²) in [4.78, 5) is 10.8. The maximum absolute atomic E-state index is 10.8. The van der Waals surface area contributed by atoms with Crippen molar-refractivity contribution in [2.45, 2.75) is 6.92 Å². The van der Waals surface area contributed by atoms with Crippen LogP contribution in [0.3, 0.4) is 0 Å². The van der Waals surface area contributed by atoms with E-state index in [1.54, 1.807) is 12.1 Å². The van der Waals surface area contributed by atoms with Gasteiger partial charge in [-0.05, 0) is 81.4 Å². The van der Waals surface area contributed by atoms with Crippen molar-refractivity contribution in [3.8, 4) is 0 Å². The molecule has 4 heteroatoms. The molecule has 1 aromatic carbocycles. The normalized spacial score (nSPS) is 10.0. The number of benzene rings is 1. The smallest absolute Gasteiger partial charge is 0.252 e. The second kappa shape index (κ2) is 4.23. The third-order valence-corrected chi connectivity index (χ3v) is 3.97. The highest BCUT2D eigenvalue weighted by atomic mass is 127. The lowest BCUT2D eigenvalue weighted by atomic mass is 10.2. The molecule has 1 rings (SSSR count). The number of hydrogen-bond donors (Lipinski definition) is 0. The Kier molecular flexibility index (Phi) is 3.78. The fourth-order valence-electron chi connectivity index (χ4n) is 0.759. The van der Waals surface area contributed by atoms with Gasteiger partial charge in [-0.3, -0.25) is 4.79 Å². The van der Waals surface area contributed by atoms with Crippen LogP contribution < -0.4 is 0 Å². The standard InChI is InChI=1S/C8H5ClI2O/c1-4-6(10)2-5(8(9)12)3-7(4)11/h2-3H,1H3. The summed E-state index contributed by atoms with van der Waals surface area (Å²) in [5.74, 6) is 0. The molecule has 0 amide bonds. The topological polar surface area (TPSA) is 17.1 Å². The maximum Gasteiger partial charge on any atom is 0.252 e. The number of carbonyl (C=O) groups is 1. The van der Waals surface area contributed by atoms with Crippen LogP contribution in [0.15, 0.2) is 12.1 Å². The van der Waals surface area contributed by atoms with E-state index >= 15 is 0 Å². The SMILES string of the molecule is Cc1c(I)cc(C(=O)Cl)cc1I. The predicted octanol–water partition coefficient (Wildman–Crippen LogP) is 3.58. The van der Waals surface area contributed by atoms with Crippen LogP contribution in [0.1, 0.15) is 15.9 Å². The minimum Gasteiger partial charge on any atom is -0.276 e. The fraction of sp³-hybridized carbons (Fsp3) is 0.125. The third-order valence-electron chi connectivity index (χ3n) is 1.51. The Balaban J connectivity index is 3.31. The molecule has 0 fully saturated rings. The predicted molar refractivity (Wildman–Crippen MR) is 66.8 cm³/mol. The molecule has 1 nitrogen and oxygen atoms in total. The molecule has 12 heavy (non-hydrogen) atoms. The van der Waals surface area contributed by atoms with E-state index in [0.717, 1.165) is 7.14 Å². The van der Waals surface area contributed by atoms with Crippen molar-refractivity contribution in [2.75, 3.05) is 0 Å². The highest BCUT2D eigenvalue weighted by molar-refractivity contribution is 14.1. The van der Waals surface area contributed by atoms with Crippen LogP contribution in [-0.4, -0.2) is 5.24 Å². The minimum absolute atomic E-state index is 0.397. The molecule has 0 saturated heterocycles. The van der Waals surface area contributed by atoms with Crippen molar-refractivity contribution < 1.29 is 4.79 Å². The molecule has 0 bridgehead atoms. The molecule has 0 N–H and O–H groups in total. The first-order valence-electron chi connectivity index (χ1n) is 3.18. The summed E-state index contributed by atoms with van der Waals surface area (Å²) in [6.45, 7) is 2.02. The molecule has 0 unspecified atom stereocenters. The lowest BCUT2D eigenvalue weighted by Crippen LogP contribution is -1.94. The molecule has 0 heterocycles. The summed E-state index contributed by atoms with van der Waals surface area (Å²) < 4.78 is 2.15. The number of halogens is 3. The Morgan fingerprint density at radius 2 is 1.75 bits per heavy atom. The van der Waals surface area contributed by atoms with Crippen LogP contribution in [0.5, 0.6) is 0 Å². The molecule has 0 saturated carbocycles. The van der Waals surface area contributed by atoms with E-state index in [1.807, 2.05) is 6.92 Å². The Hall–Kier alpha value is 0.640. The fourth-order valence-corrected chi connectivity index (χ4v) is 2.64. The molecule has 0 atom stereocenters. The summed E-state index contributed by atoms with van der Waals surface area (Å²) in [6, 6.07) is 3.60. The van der Waals surface area contributed by atoms with Gasteiger partial charge in [0.05, 0.1) is 0 Å². The maximum atomic E-state index is 10.8. The largest absolute Gasteiger partial charge is 0.276 e. The van der Waals surface area contributed by atoms with Gasteiger partial charge in [-0.15, -0.1) is 0 Å². The monoisotopic (exact) mass is 406 g/mol. The van der Waals surface area contributed by atoms with Crippen molar-refractivity contribution in [1.82, 2.24) is 0 Å². The summed E-state index contributed by atoms with van der Waals surface area (Å²) >= 11 is 9.74. The highest BCUT2D eigenvalue weighted by Crippen LogP contribution is 2.21. The van der Waals surface area contributed by atoms with Crippen LogP contribution in [0, 0.1) is 14.1 Å². The van der Waals surface area contributed by atoms with Gasteiger partial charge in [0.25, 0.3) is 5.24 Å². The van der Waals surface area contributed by atoms with Crippen molar-refractivity contribution >= 4 is 62.0 Å².